The van der Waals surface area contributed by atoms with Gasteiger partial charge in [-0.05, 0) is 41.6 Å². The standard InChI is InChI=1S/C18H26O5/c1-9-12-13-11(17(13,3)4)6-7-18(8-21-18)14(12)16(22-10(2)19)23-15(9)20-5/h11-16H,1,6-8H2,2-5H3/t11-,12+,13-,14-,15+,16-,18+/m0/s1. The molecule has 0 bridgehead atoms. The summed E-state index contributed by atoms with van der Waals surface area (Å²) < 4.78 is 22.9. The molecule has 23 heavy (non-hydrogen) atoms. The molecule has 5 heteroatoms. The van der Waals surface area contributed by atoms with Gasteiger partial charge < -0.3 is 18.9 Å². The van der Waals surface area contributed by atoms with Crippen molar-refractivity contribution >= 4 is 5.97 Å². The highest BCUT2D eigenvalue weighted by atomic mass is 16.8. The highest BCUT2D eigenvalue weighted by Gasteiger charge is 2.72. The Bertz CT molecular complexity index is 550. The number of carbonyl (C=O) groups excluding carboxylic acids is 1. The van der Waals surface area contributed by atoms with Gasteiger partial charge in [-0.1, -0.05) is 20.4 Å². The molecule has 2 aliphatic heterocycles. The molecule has 0 radical (unpaired) electrons. The Morgan fingerprint density at radius 3 is 2.61 bits per heavy atom. The molecular formula is C18H26O5. The lowest BCUT2D eigenvalue weighted by molar-refractivity contribution is -0.271. The summed E-state index contributed by atoms with van der Waals surface area (Å²) in [5.74, 6) is 1.10. The molecule has 2 saturated heterocycles. The second kappa shape index (κ2) is 4.80. The van der Waals surface area contributed by atoms with Gasteiger partial charge in [-0.3, -0.25) is 4.79 Å². The first kappa shape index (κ1) is 15.6. The van der Waals surface area contributed by atoms with E-state index in [1.54, 1.807) is 7.11 Å². The van der Waals surface area contributed by atoms with E-state index in [0.29, 0.717) is 17.3 Å². The van der Waals surface area contributed by atoms with Crippen molar-refractivity contribution in [3.8, 4) is 0 Å². The quantitative estimate of drug-likeness (QED) is 0.444. The van der Waals surface area contributed by atoms with Crippen molar-refractivity contribution in [2.75, 3.05) is 13.7 Å². The van der Waals surface area contributed by atoms with Gasteiger partial charge in [0.25, 0.3) is 0 Å². The number of rotatable bonds is 2. The summed E-state index contributed by atoms with van der Waals surface area (Å²) in [4.78, 5) is 11.6. The van der Waals surface area contributed by atoms with Crippen molar-refractivity contribution in [1.82, 2.24) is 0 Å². The van der Waals surface area contributed by atoms with E-state index < -0.39 is 12.6 Å². The number of methoxy groups -OCH3 is 1. The molecule has 0 N–H and O–H groups in total. The Balaban J connectivity index is 1.74. The molecule has 1 spiro atoms. The van der Waals surface area contributed by atoms with E-state index in [9.17, 15) is 4.79 Å². The van der Waals surface area contributed by atoms with Crippen molar-refractivity contribution in [2.45, 2.75) is 51.8 Å². The number of ether oxygens (including phenoxy) is 4. The van der Waals surface area contributed by atoms with Crippen LogP contribution in [0.1, 0.15) is 33.6 Å². The van der Waals surface area contributed by atoms with Gasteiger partial charge in [0.1, 0.15) is 5.60 Å². The molecule has 2 saturated carbocycles. The van der Waals surface area contributed by atoms with E-state index in [4.69, 9.17) is 18.9 Å². The molecule has 2 aliphatic carbocycles. The normalized spacial score (nSPS) is 49.8. The van der Waals surface area contributed by atoms with Crippen molar-refractivity contribution in [1.29, 1.82) is 0 Å². The van der Waals surface area contributed by atoms with Crippen LogP contribution in [0.5, 0.6) is 0 Å². The molecule has 0 aromatic rings. The Morgan fingerprint density at radius 2 is 2.04 bits per heavy atom. The summed E-state index contributed by atoms with van der Waals surface area (Å²) in [5.41, 5.74) is 1.05. The second-order valence-electron chi connectivity index (χ2n) is 8.15. The maximum Gasteiger partial charge on any atom is 0.304 e. The Kier molecular flexibility index (Phi) is 3.26. The molecule has 4 aliphatic rings. The lowest BCUT2D eigenvalue weighted by Crippen LogP contribution is -2.52. The molecule has 5 nitrogen and oxygen atoms in total. The fourth-order valence-corrected chi connectivity index (χ4v) is 5.40. The molecule has 0 unspecified atom stereocenters. The zero-order chi connectivity index (χ0) is 16.6. The van der Waals surface area contributed by atoms with Crippen LogP contribution in [-0.2, 0) is 23.7 Å². The first-order valence-electron chi connectivity index (χ1n) is 8.50. The van der Waals surface area contributed by atoms with Crippen molar-refractivity contribution < 1.29 is 23.7 Å². The van der Waals surface area contributed by atoms with Gasteiger partial charge >= 0.3 is 5.97 Å². The Labute approximate surface area is 137 Å². The van der Waals surface area contributed by atoms with E-state index in [0.717, 1.165) is 25.0 Å². The van der Waals surface area contributed by atoms with Gasteiger partial charge in [-0.2, -0.15) is 0 Å². The molecular weight excluding hydrogens is 296 g/mol. The zero-order valence-electron chi connectivity index (χ0n) is 14.3. The van der Waals surface area contributed by atoms with Crippen LogP contribution in [-0.4, -0.2) is 37.9 Å². The van der Waals surface area contributed by atoms with E-state index in [2.05, 4.69) is 20.4 Å². The van der Waals surface area contributed by atoms with Gasteiger partial charge in [0.15, 0.2) is 6.29 Å². The molecule has 4 rings (SSSR count). The fourth-order valence-electron chi connectivity index (χ4n) is 5.40. The van der Waals surface area contributed by atoms with E-state index in [1.807, 2.05) is 0 Å². The predicted molar refractivity (Wildman–Crippen MR) is 82.2 cm³/mol. The Hall–Kier alpha value is -0.910. The molecule has 128 valence electrons. The van der Waals surface area contributed by atoms with Crippen LogP contribution >= 0.6 is 0 Å². The summed E-state index contributed by atoms with van der Waals surface area (Å²) >= 11 is 0. The lowest BCUT2D eigenvalue weighted by Gasteiger charge is -2.44. The number of epoxide rings is 1. The van der Waals surface area contributed by atoms with Crippen LogP contribution in [0.15, 0.2) is 12.2 Å². The van der Waals surface area contributed by atoms with Gasteiger partial charge in [0, 0.05) is 14.0 Å². The molecule has 0 aromatic carbocycles. The van der Waals surface area contributed by atoms with Gasteiger partial charge in [0.2, 0.25) is 6.29 Å². The third-order valence-corrected chi connectivity index (χ3v) is 6.69. The summed E-state index contributed by atoms with van der Waals surface area (Å²) in [6, 6.07) is 0. The highest BCUT2D eigenvalue weighted by Crippen LogP contribution is 2.72. The Morgan fingerprint density at radius 1 is 1.35 bits per heavy atom. The third-order valence-electron chi connectivity index (χ3n) is 6.69. The molecule has 0 amide bonds. The minimum absolute atomic E-state index is 0.0158. The smallest absolute Gasteiger partial charge is 0.304 e. The van der Waals surface area contributed by atoms with Gasteiger partial charge in [-0.25, -0.2) is 0 Å². The average Bonchev–Trinajstić information content (AvgIpc) is 3.35. The first-order valence-corrected chi connectivity index (χ1v) is 8.50. The maximum absolute atomic E-state index is 11.6. The maximum atomic E-state index is 11.6. The van der Waals surface area contributed by atoms with E-state index in [-0.39, 0.29) is 23.4 Å². The van der Waals surface area contributed by atoms with Crippen molar-refractivity contribution in [3.05, 3.63) is 12.2 Å². The van der Waals surface area contributed by atoms with Crippen molar-refractivity contribution in [3.63, 3.8) is 0 Å². The van der Waals surface area contributed by atoms with Crippen LogP contribution < -0.4 is 0 Å². The second-order valence-corrected chi connectivity index (χ2v) is 8.15. The zero-order valence-corrected chi connectivity index (χ0v) is 14.3. The number of hydrogen-bond acceptors (Lipinski definition) is 5. The summed E-state index contributed by atoms with van der Waals surface area (Å²) in [7, 11) is 1.61. The third kappa shape index (κ3) is 2.13. The lowest BCUT2D eigenvalue weighted by atomic mass is 9.71. The van der Waals surface area contributed by atoms with E-state index >= 15 is 0 Å². The predicted octanol–water partition coefficient (Wildman–Crippen LogP) is 2.50. The molecule has 0 aromatic heterocycles. The monoisotopic (exact) mass is 322 g/mol. The number of carbonyl (C=O) groups is 1. The minimum Gasteiger partial charge on any atom is -0.435 e. The number of hydrogen-bond donors (Lipinski definition) is 0. The van der Waals surface area contributed by atoms with E-state index in [1.165, 1.54) is 6.92 Å². The fraction of sp³-hybridized carbons (Fsp3) is 0.833. The number of esters is 1. The van der Waals surface area contributed by atoms with Crippen molar-refractivity contribution in [2.24, 2.45) is 29.1 Å². The minimum atomic E-state index is -0.620. The van der Waals surface area contributed by atoms with Crippen LogP contribution in [0, 0.1) is 29.1 Å². The van der Waals surface area contributed by atoms with Gasteiger partial charge in [0.05, 0.1) is 12.5 Å². The molecule has 4 fully saturated rings. The first-order chi connectivity index (χ1) is 10.8. The SMILES string of the molecule is C=C1[C@H](OC)O[C@H](OC(C)=O)[C@@H]2[C@H]1[C@@H]1[C@H](CC[C@@]23CO3)C1(C)C. The topological polar surface area (TPSA) is 57.3 Å². The average molecular weight is 322 g/mol. The summed E-state index contributed by atoms with van der Waals surface area (Å²) in [6.45, 7) is 11.1. The molecule has 7 atom stereocenters. The summed E-state index contributed by atoms with van der Waals surface area (Å²) in [6.07, 6.45) is 1.02. The van der Waals surface area contributed by atoms with Crippen LogP contribution in [0.3, 0.4) is 0 Å². The van der Waals surface area contributed by atoms with Crippen LogP contribution in [0.25, 0.3) is 0 Å². The molecule has 2 heterocycles. The van der Waals surface area contributed by atoms with Gasteiger partial charge in [-0.15, -0.1) is 0 Å². The summed E-state index contributed by atoms with van der Waals surface area (Å²) in [5, 5.41) is 0. The largest absolute Gasteiger partial charge is 0.435 e. The number of fused-ring (bicyclic) bond motifs is 4. The van der Waals surface area contributed by atoms with Crippen LogP contribution in [0.4, 0.5) is 0 Å². The highest BCUT2D eigenvalue weighted by molar-refractivity contribution is 5.66. The van der Waals surface area contributed by atoms with Crippen LogP contribution in [0.2, 0.25) is 0 Å².